The monoisotopic (exact) mass is 259 g/mol. The molecule has 0 aliphatic carbocycles. The molecule has 2 heterocycles. The lowest BCUT2D eigenvalue weighted by atomic mass is 10.1. The van der Waals surface area contributed by atoms with Gasteiger partial charge in [-0.25, -0.2) is 4.98 Å². The van der Waals surface area contributed by atoms with Crippen molar-refractivity contribution >= 4 is 21.6 Å². The predicted octanol–water partition coefficient (Wildman–Crippen LogP) is 2.90. The molecule has 0 aliphatic rings. The van der Waals surface area contributed by atoms with Gasteiger partial charge in [0.05, 0.1) is 10.2 Å². The molecule has 0 aliphatic heterocycles. The number of aromatic amines is 1. The van der Waals surface area contributed by atoms with Gasteiger partial charge in [0, 0.05) is 11.8 Å². The second-order valence-corrected chi connectivity index (χ2v) is 5.51. The molecule has 1 N–H and O–H groups in total. The second kappa shape index (κ2) is 4.10. The summed E-state index contributed by atoms with van der Waals surface area (Å²) in [7, 11) is 0. The largest absolute Gasteiger partial charge is 0.293 e. The van der Waals surface area contributed by atoms with Gasteiger partial charge in [0.25, 0.3) is 5.56 Å². The van der Waals surface area contributed by atoms with Crippen molar-refractivity contribution in [1.29, 1.82) is 0 Å². The first-order valence-corrected chi connectivity index (χ1v) is 6.64. The quantitative estimate of drug-likeness (QED) is 0.769. The molecule has 0 saturated heterocycles. The standard InChI is InChI=1S/C13H13N3OS/c1-8(2)10-7-12(17)16(15-10)13-14-9-5-3-4-6-11(9)18-13/h3-8,15H,1-2H3. The summed E-state index contributed by atoms with van der Waals surface area (Å²) < 4.78 is 2.60. The Morgan fingerprint density at radius 1 is 1.33 bits per heavy atom. The van der Waals surface area contributed by atoms with E-state index < -0.39 is 0 Å². The van der Waals surface area contributed by atoms with Crippen LogP contribution in [0.15, 0.2) is 35.1 Å². The van der Waals surface area contributed by atoms with E-state index in [1.54, 1.807) is 6.07 Å². The fourth-order valence-corrected chi connectivity index (χ4v) is 2.74. The van der Waals surface area contributed by atoms with Crippen molar-refractivity contribution in [3.8, 4) is 5.13 Å². The van der Waals surface area contributed by atoms with Gasteiger partial charge in [-0.3, -0.25) is 9.89 Å². The summed E-state index contributed by atoms with van der Waals surface area (Å²) in [6.07, 6.45) is 0. The fourth-order valence-electron chi connectivity index (χ4n) is 1.81. The van der Waals surface area contributed by atoms with Crippen LogP contribution in [-0.4, -0.2) is 14.8 Å². The Kier molecular flexibility index (Phi) is 2.56. The van der Waals surface area contributed by atoms with Crippen LogP contribution in [0.2, 0.25) is 0 Å². The first kappa shape index (κ1) is 11.2. The molecular formula is C13H13N3OS. The van der Waals surface area contributed by atoms with E-state index in [1.807, 2.05) is 38.1 Å². The number of rotatable bonds is 2. The number of nitrogens with zero attached hydrogens (tertiary/aromatic N) is 2. The minimum atomic E-state index is -0.0576. The topological polar surface area (TPSA) is 50.7 Å². The first-order chi connectivity index (χ1) is 8.65. The van der Waals surface area contributed by atoms with E-state index in [2.05, 4.69) is 10.1 Å². The molecule has 18 heavy (non-hydrogen) atoms. The SMILES string of the molecule is CC(C)c1cc(=O)n(-c2nc3ccccc3s2)[nH]1. The number of thiazole rings is 1. The van der Waals surface area contributed by atoms with Crippen LogP contribution in [0.1, 0.15) is 25.5 Å². The van der Waals surface area contributed by atoms with Gasteiger partial charge < -0.3 is 0 Å². The molecule has 4 nitrogen and oxygen atoms in total. The third kappa shape index (κ3) is 1.76. The lowest BCUT2D eigenvalue weighted by Gasteiger charge is -1.99. The highest BCUT2D eigenvalue weighted by Crippen LogP contribution is 2.23. The van der Waals surface area contributed by atoms with Gasteiger partial charge in [-0.15, -0.1) is 0 Å². The average Bonchev–Trinajstić information content (AvgIpc) is 2.91. The van der Waals surface area contributed by atoms with Crippen molar-refractivity contribution in [2.24, 2.45) is 0 Å². The molecule has 3 rings (SSSR count). The van der Waals surface area contributed by atoms with Crippen LogP contribution in [-0.2, 0) is 0 Å². The number of hydrogen-bond acceptors (Lipinski definition) is 3. The Morgan fingerprint density at radius 3 is 2.78 bits per heavy atom. The molecule has 3 aromatic rings. The van der Waals surface area contributed by atoms with E-state index in [0.29, 0.717) is 11.0 Å². The van der Waals surface area contributed by atoms with Crippen molar-refractivity contribution in [3.63, 3.8) is 0 Å². The van der Waals surface area contributed by atoms with Gasteiger partial charge in [-0.05, 0) is 18.1 Å². The number of fused-ring (bicyclic) bond motifs is 1. The van der Waals surface area contributed by atoms with Gasteiger partial charge in [0.15, 0.2) is 0 Å². The van der Waals surface area contributed by atoms with Gasteiger partial charge in [0.2, 0.25) is 5.13 Å². The molecule has 0 bridgehead atoms. The molecule has 0 fully saturated rings. The molecule has 0 spiro atoms. The Balaban J connectivity index is 2.17. The summed E-state index contributed by atoms with van der Waals surface area (Å²) in [6.45, 7) is 4.10. The Hall–Kier alpha value is -1.88. The van der Waals surface area contributed by atoms with Crippen molar-refractivity contribution in [2.45, 2.75) is 19.8 Å². The highest BCUT2D eigenvalue weighted by molar-refractivity contribution is 7.20. The van der Waals surface area contributed by atoms with E-state index in [4.69, 9.17) is 0 Å². The third-order valence-electron chi connectivity index (χ3n) is 2.84. The fraction of sp³-hybridized carbons (Fsp3) is 0.231. The van der Waals surface area contributed by atoms with Gasteiger partial charge in [0.1, 0.15) is 0 Å². The van der Waals surface area contributed by atoms with Crippen molar-refractivity contribution in [1.82, 2.24) is 14.8 Å². The lowest BCUT2D eigenvalue weighted by molar-refractivity contribution is 0.758. The van der Waals surface area contributed by atoms with Crippen LogP contribution in [0.5, 0.6) is 0 Å². The number of benzene rings is 1. The summed E-state index contributed by atoms with van der Waals surface area (Å²) in [5, 5.41) is 3.80. The predicted molar refractivity (Wildman–Crippen MR) is 73.7 cm³/mol. The van der Waals surface area contributed by atoms with E-state index in [9.17, 15) is 4.79 Å². The zero-order valence-corrected chi connectivity index (χ0v) is 11.0. The maximum atomic E-state index is 11.9. The molecule has 0 unspecified atom stereocenters. The minimum Gasteiger partial charge on any atom is -0.293 e. The molecule has 5 heteroatoms. The summed E-state index contributed by atoms with van der Waals surface area (Å²) in [6, 6.07) is 9.52. The van der Waals surface area contributed by atoms with Crippen molar-refractivity contribution < 1.29 is 0 Å². The van der Waals surface area contributed by atoms with Gasteiger partial charge >= 0.3 is 0 Å². The van der Waals surface area contributed by atoms with Crippen molar-refractivity contribution in [2.75, 3.05) is 0 Å². The van der Waals surface area contributed by atoms with Crippen LogP contribution >= 0.6 is 11.3 Å². The van der Waals surface area contributed by atoms with Crippen LogP contribution < -0.4 is 5.56 Å². The molecular weight excluding hydrogens is 246 g/mol. The normalized spacial score (nSPS) is 11.5. The van der Waals surface area contributed by atoms with Crippen molar-refractivity contribution in [3.05, 3.63) is 46.4 Å². The maximum absolute atomic E-state index is 11.9. The molecule has 2 aromatic heterocycles. The molecule has 0 atom stereocenters. The van der Waals surface area contributed by atoms with Gasteiger partial charge in [-0.1, -0.05) is 37.3 Å². The van der Waals surface area contributed by atoms with E-state index in [1.165, 1.54) is 16.0 Å². The van der Waals surface area contributed by atoms with Crippen LogP contribution in [0.3, 0.4) is 0 Å². The summed E-state index contributed by atoms with van der Waals surface area (Å²) in [4.78, 5) is 16.4. The molecule has 1 aromatic carbocycles. The molecule has 0 radical (unpaired) electrons. The van der Waals surface area contributed by atoms with Gasteiger partial charge in [-0.2, -0.15) is 4.68 Å². The minimum absolute atomic E-state index is 0.0576. The smallest absolute Gasteiger partial charge is 0.273 e. The highest BCUT2D eigenvalue weighted by atomic mass is 32.1. The molecule has 0 amide bonds. The summed E-state index contributed by atoms with van der Waals surface area (Å²) >= 11 is 1.51. The maximum Gasteiger partial charge on any atom is 0.273 e. The highest BCUT2D eigenvalue weighted by Gasteiger charge is 2.11. The Bertz CT molecular complexity index is 718. The van der Waals surface area contributed by atoms with Crippen LogP contribution in [0, 0.1) is 0 Å². The average molecular weight is 259 g/mol. The van der Waals surface area contributed by atoms with E-state index >= 15 is 0 Å². The summed E-state index contributed by atoms with van der Waals surface area (Å²) in [5.74, 6) is 0.299. The number of para-hydroxylation sites is 1. The number of nitrogens with one attached hydrogen (secondary N) is 1. The van der Waals surface area contributed by atoms with E-state index in [0.717, 1.165) is 15.9 Å². The number of aromatic nitrogens is 3. The third-order valence-corrected chi connectivity index (χ3v) is 3.86. The zero-order valence-electron chi connectivity index (χ0n) is 10.2. The second-order valence-electron chi connectivity index (χ2n) is 4.50. The Morgan fingerprint density at radius 2 is 2.11 bits per heavy atom. The molecule has 0 saturated carbocycles. The Labute approximate surface area is 108 Å². The zero-order chi connectivity index (χ0) is 12.7. The first-order valence-electron chi connectivity index (χ1n) is 5.83. The van der Waals surface area contributed by atoms with Crippen LogP contribution in [0.25, 0.3) is 15.3 Å². The van der Waals surface area contributed by atoms with Crippen LogP contribution in [0.4, 0.5) is 0 Å². The lowest BCUT2D eigenvalue weighted by Crippen LogP contribution is -2.12. The summed E-state index contributed by atoms with van der Waals surface area (Å²) in [5.41, 5.74) is 1.79. The molecule has 92 valence electrons. The number of H-pyrrole nitrogens is 1. The van der Waals surface area contributed by atoms with E-state index in [-0.39, 0.29) is 5.56 Å². The number of hydrogen-bond donors (Lipinski definition) is 1.